The van der Waals surface area contributed by atoms with Crippen LogP contribution in [-0.2, 0) is 0 Å². The molecular formula is C13H12F2N4O. The fourth-order valence-electron chi connectivity index (χ4n) is 1.68. The van der Waals surface area contributed by atoms with E-state index in [0.29, 0.717) is 11.4 Å². The lowest BCUT2D eigenvalue weighted by atomic mass is 10.2. The van der Waals surface area contributed by atoms with Crippen molar-refractivity contribution in [1.82, 2.24) is 4.98 Å². The van der Waals surface area contributed by atoms with E-state index in [9.17, 15) is 13.6 Å². The number of benzene rings is 1. The molecule has 0 aliphatic carbocycles. The summed E-state index contributed by atoms with van der Waals surface area (Å²) in [4.78, 5) is 16.0. The van der Waals surface area contributed by atoms with Crippen molar-refractivity contribution >= 4 is 17.3 Å². The molecule has 0 saturated carbocycles. The average molecular weight is 278 g/mol. The average Bonchev–Trinajstić information content (AvgIpc) is 2.37. The first-order chi connectivity index (χ1) is 9.49. The number of carbonyl (C=O) groups excluding carboxylic acids is 1. The molecular weight excluding hydrogens is 266 g/mol. The minimum absolute atomic E-state index is 0.0102. The van der Waals surface area contributed by atoms with Crippen LogP contribution in [-0.4, -0.2) is 10.9 Å². The Morgan fingerprint density at radius 2 is 1.85 bits per heavy atom. The summed E-state index contributed by atoms with van der Waals surface area (Å²) < 4.78 is 26.1. The molecule has 0 spiro atoms. The number of hydrogen-bond acceptors (Lipinski definition) is 4. The Hall–Kier alpha value is -2.54. The standard InChI is InChI=1S/C13H12F2N4O/c1-7-2-12(19-16)11(6-17-7)13(20)18-10-4-8(14)3-9(15)5-10/h2-6H,16H2,1H3,(H,17,19)(H,18,20). The topological polar surface area (TPSA) is 80.0 Å². The van der Waals surface area contributed by atoms with Crippen LogP contribution in [0.1, 0.15) is 16.1 Å². The lowest BCUT2D eigenvalue weighted by molar-refractivity contribution is 0.102. The van der Waals surface area contributed by atoms with Crippen LogP contribution in [0.3, 0.4) is 0 Å². The minimum atomic E-state index is -0.778. The van der Waals surface area contributed by atoms with E-state index in [-0.39, 0.29) is 11.3 Å². The van der Waals surface area contributed by atoms with Gasteiger partial charge in [0.15, 0.2) is 0 Å². The molecule has 0 aliphatic rings. The SMILES string of the molecule is Cc1cc(NN)c(C(=O)Nc2cc(F)cc(F)c2)cn1. The fourth-order valence-corrected chi connectivity index (χ4v) is 1.68. The maximum atomic E-state index is 13.0. The van der Waals surface area contributed by atoms with E-state index in [0.717, 1.165) is 18.2 Å². The van der Waals surface area contributed by atoms with Crippen molar-refractivity contribution in [2.24, 2.45) is 5.84 Å². The van der Waals surface area contributed by atoms with Gasteiger partial charge in [0.2, 0.25) is 0 Å². The first-order valence-electron chi connectivity index (χ1n) is 5.70. The highest BCUT2D eigenvalue weighted by Crippen LogP contribution is 2.18. The molecule has 5 nitrogen and oxygen atoms in total. The number of nitrogens with zero attached hydrogens (tertiary/aromatic N) is 1. The van der Waals surface area contributed by atoms with Gasteiger partial charge in [-0.2, -0.15) is 0 Å². The molecule has 2 aromatic rings. The van der Waals surface area contributed by atoms with Crippen molar-refractivity contribution in [2.75, 3.05) is 10.7 Å². The number of carbonyl (C=O) groups is 1. The number of hydrazine groups is 1. The quantitative estimate of drug-likeness (QED) is 0.594. The van der Waals surface area contributed by atoms with Crippen LogP contribution < -0.4 is 16.6 Å². The molecule has 2 rings (SSSR count). The number of nitrogens with one attached hydrogen (secondary N) is 2. The van der Waals surface area contributed by atoms with E-state index < -0.39 is 17.5 Å². The Labute approximate surface area is 113 Å². The number of amides is 1. The summed E-state index contributed by atoms with van der Waals surface area (Å²) in [5.74, 6) is 3.19. The van der Waals surface area contributed by atoms with Crippen LogP contribution in [0.25, 0.3) is 0 Å². The Balaban J connectivity index is 2.28. The first kappa shape index (κ1) is 13.9. The van der Waals surface area contributed by atoms with Gasteiger partial charge >= 0.3 is 0 Å². The Morgan fingerprint density at radius 3 is 2.45 bits per heavy atom. The number of nitrogens with two attached hydrogens (primary N) is 1. The predicted octanol–water partition coefficient (Wildman–Crippen LogP) is 2.21. The monoisotopic (exact) mass is 278 g/mol. The number of halogens is 2. The summed E-state index contributed by atoms with van der Waals surface area (Å²) in [6.07, 6.45) is 1.33. The number of aryl methyl sites for hydroxylation is 1. The van der Waals surface area contributed by atoms with Crippen molar-refractivity contribution in [3.05, 3.63) is 53.4 Å². The van der Waals surface area contributed by atoms with Crippen LogP contribution >= 0.6 is 0 Å². The molecule has 4 N–H and O–H groups in total. The molecule has 1 aromatic carbocycles. The fraction of sp³-hybridized carbons (Fsp3) is 0.0769. The van der Waals surface area contributed by atoms with Crippen molar-refractivity contribution in [2.45, 2.75) is 6.92 Å². The second kappa shape index (κ2) is 5.62. The second-order valence-electron chi connectivity index (χ2n) is 4.13. The molecule has 0 radical (unpaired) electrons. The zero-order chi connectivity index (χ0) is 14.7. The first-order valence-corrected chi connectivity index (χ1v) is 5.70. The molecule has 0 saturated heterocycles. The van der Waals surface area contributed by atoms with Gasteiger partial charge in [-0.25, -0.2) is 8.78 Å². The van der Waals surface area contributed by atoms with Crippen molar-refractivity contribution in [1.29, 1.82) is 0 Å². The summed E-state index contributed by atoms with van der Waals surface area (Å²) in [5.41, 5.74) is 3.60. The third-order valence-corrected chi connectivity index (χ3v) is 2.56. The molecule has 104 valence electrons. The minimum Gasteiger partial charge on any atom is -0.323 e. The smallest absolute Gasteiger partial charge is 0.259 e. The molecule has 7 heteroatoms. The number of hydrogen-bond donors (Lipinski definition) is 3. The Kier molecular flexibility index (Phi) is 3.90. The number of rotatable bonds is 3. The van der Waals surface area contributed by atoms with E-state index in [1.165, 1.54) is 6.20 Å². The maximum Gasteiger partial charge on any atom is 0.259 e. The summed E-state index contributed by atoms with van der Waals surface area (Å²) in [7, 11) is 0. The second-order valence-corrected chi connectivity index (χ2v) is 4.13. The molecule has 1 heterocycles. The highest BCUT2D eigenvalue weighted by Gasteiger charge is 2.13. The normalized spacial score (nSPS) is 10.2. The number of aromatic nitrogens is 1. The number of anilines is 2. The van der Waals surface area contributed by atoms with E-state index in [2.05, 4.69) is 15.7 Å². The largest absolute Gasteiger partial charge is 0.323 e. The molecule has 0 atom stereocenters. The van der Waals surface area contributed by atoms with E-state index in [4.69, 9.17) is 5.84 Å². The number of pyridine rings is 1. The summed E-state index contributed by atoms with van der Waals surface area (Å²) in [6, 6.07) is 4.33. The molecule has 20 heavy (non-hydrogen) atoms. The Morgan fingerprint density at radius 1 is 1.20 bits per heavy atom. The summed E-state index contributed by atoms with van der Waals surface area (Å²) in [5, 5.41) is 2.38. The summed E-state index contributed by atoms with van der Waals surface area (Å²) in [6.45, 7) is 1.74. The van der Waals surface area contributed by atoms with Crippen molar-refractivity contribution < 1.29 is 13.6 Å². The van der Waals surface area contributed by atoms with Gasteiger partial charge in [0.05, 0.1) is 11.3 Å². The van der Waals surface area contributed by atoms with Gasteiger partial charge in [0.1, 0.15) is 11.6 Å². The maximum absolute atomic E-state index is 13.0. The third kappa shape index (κ3) is 3.07. The predicted molar refractivity (Wildman–Crippen MR) is 71.1 cm³/mol. The van der Waals surface area contributed by atoms with Crippen molar-refractivity contribution in [3.63, 3.8) is 0 Å². The zero-order valence-electron chi connectivity index (χ0n) is 10.6. The lowest BCUT2D eigenvalue weighted by Gasteiger charge is -2.10. The molecule has 0 bridgehead atoms. The van der Waals surface area contributed by atoms with Crippen LogP contribution in [0.2, 0.25) is 0 Å². The van der Waals surface area contributed by atoms with E-state index >= 15 is 0 Å². The van der Waals surface area contributed by atoms with Gasteiger partial charge in [-0.05, 0) is 25.1 Å². The van der Waals surface area contributed by atoms with Gasteiger partial charge in [0.25, 0.3) is 5.91 Å². The van der Waals surface area contributed by atoms with E-state index in [1.54, 1.807) is 13.0 Å². The highest BCUT2D eigenvalue weighted by atomic mass is 19.1. The van der Waals surface area contributed by atoms with Crippen LogP contribution in [0.5, 0.6) is 0 Å². The van der Waals surface area contributed by atoms with Crippen LogP contribution in [0, 0.1) is 18.6 Å². The zero-order valence-corrected chi connectivity index (χ0v) is 10.6. The van der Waals surface area contributed by atoms with Crippen LogP contribution in [0.15, 0.2) is 30.5 Å². The van der Waals surface area contributed by atoms with Crippen molar-refractivity contribution in [3.8, 4) is 0 Å². The molecule has 0 fully saturated rings. The lowest BCUT2D eigenvalue weighted by Crippen LogP contribution is -2.18. The molecule has 0 aliphatic heterocycles. The van der Waals surface area contributed by atoms with Crippen LogP contribution in [0.4, 0.5) is 20.2 Å². The molecule has 0 unspecified atom stereocenters. The van der Waals surface area contributed by atoms with Gasteiger partial charge in [-0.3, -0.25) is 15.6 Å². The van der Waals surface area contributed by atoms with Gasteiger partial charge in [-0.1, -0.05) is 0 Å². The summed E-state index contributed by atoms with van der Waals surface area (Å²) >= 11 is 0. The van der Waals surface area contributed by atoms with E-state index in [1.807, 2.05) is 0 Å². The third-order valence-electron chi connectivity index (χ3n) is 2.56. The highest BCUT2D eigenvalue weighted by molar-refractivity contribution is 6.07. The molecule has 1 aromatic heterocycles. The Bertz CT molecular complexity index is 641. The number of nitrogen functional groups attached to an aromatic ring is 1. The van der Waals surface area contributed by atoms with Gasteiger partial charge in [-0.15, -0.1) is 0 Å². The van der Waals surface area contributed by atoms with Gasteiger partial charge in [0, 0.05) is 23.6 Å². The molecule has 1 amide bonds. The van der Waals surface area contributed by atoms with Gasteiger partial charge < -0.3 is 10.7 Å².